The summed E-state index contributed by atoms with van der Waals surface area (Å²) in [5.41, 5.74) is 0.346. The van der Waals surface area contributed by atoms with Gasteiger partial charge in [0, 0.05) is 5.69 Å². The third-order valence-corrected chi connectivity index (χ3v) is 3.25. The molecule has 0 bridgehead atoms. The van der Waals surface area contributed by atoms with Crippen LogP contribution >= 0.6 is 11.6 Å². The number of anilines is 2. The van der Waals surface area contributed by atoms with Crippen LogP contribution in [0.3, 0.4) is 0 Å². The highest BCUT2D eigenvalue weighted by Gasteiger charge is 2.21. The predicted octanol–water partition coefficient (Wildman–Crippen LogP) is 3.94. The predicted molar refractivity (Wildman–Crippen MR) is 80.9 cm³/mol. The summed E-state index contributed by atoms with van der Waals surface area (Å²) in [6.45, 7) is 0. The van der Waals surface area contributed by atoms with Crippen molar-refractivity contribution in [1.29, 1.82) is 0 Å². The molecule has 0 aliphatic carbocycles. The number of benzene rings is 2. The van der Waals surface area contributed by atoms with Crippen LogP contribution in [-0.4, -0.2) is 14.9 Å². The standard InChI is InChI=1S/C14H9ClN4O2/c15-13-12(19(20)21)14(17-8-16-13)18-11-6-5-9-3-1-2-4-10(9)7-11/h1-8H,(H,16,17,18). The van der Waals surface area contributed by atoms with Gasteiger partial charge in [0.1, 0.15) is 6.33 Å². The highest BCUT2D eigenvalue weighted by atomic mass is 35.5. The van der Waals surface area contributed by atoms with Gasteiger partial charge in [0.05, 0.1) is 4.92 Å². The number of nitrogens with one attached hydrogen (secondary N) is 1. The van der Waals surface area contributed by atoms with E-state index in [9.17, 15) is 10.1 Å². The van der Waals surface area contributed by atoms with Crippen LogP contribution < -0.4 is 5.32 Å². The quantitative estimate of drug-likeness (QED) is 0.450. The minimum Gasteiger partial charge on any atom is -0.334 e. The van der Waals surface area contributed by atoms with Gasteiger partial charge < -0.3 is 5.32 Å². The van der Waals surface area contributed by atoms with E-state index in [0.29, 0.717) is 5.69 Å². The van der Waals surface area contributed by atoms with Crippen LogP contribution in [0.1, 0.15) is 0 Å². The van der Waals surface area contributed by atoms with Gasteiger partial charge in [-0.2, -0.15) is 0 Å². The zero-order valence-corrected chi connectivity index (χ0v) is 11.4. The molecule has 0 atom stereocenters. The van der Waals surface area contributed by atoms with Gasteiger partial charge in [-0.25, -0.2) is 9.97 Å². The number of halogens is 1. The lowest BCUT2D eigenvalue weighted by atomic mass is 10.1. The molecule has 21 heavy (non-hydrogen) atoms. The Hall–Kier alpha value is -2.73. The number of nitrogens with zero attached hydrogens (tertiary/aromatic N) is 3. The molecule has 0 saturated heterocycles. The number of hydrogen-bond acceptors (Lipinski definition) is 5. The summed E-state index contributed by atoms with van der Waals surface area (Å²) in [5.74, 6) is 0.0651. The van der Waals surface area contributed by atoms with Crippen LogP contribution in [0.4, 0.5) is 17.2 Å². The zero-order valence-electron chi connectivity index (χ0n) is 10.7. The highest BCUT2D eigenvalue weighted by molar-refractivity contribution is 6.31. The number of rotatable bonds is 3. The second-order valence-electron chi connectivity index (χ2n) is 4.31. The van der Waals surface area contributed by atoms with Crippen molar-refractivity contribution in [2.75, 3.05) is 5.32 Å². The van der Waals surface area contributed by atoms with E-state index in [2.05, 4.69) is 15.3 Å². The second kappa shape index (κ2) is 5.34. The Kier molecular flexibility index (Phi) is 3.37. The van der Waals surface area contributed by atoms with Gasteiger partial charge in [-0.3, -0.25) is 10.1 Å². The average molecular weight is 301 g/mol. The van der Waals surface area contributed by atoms with Crippen molar-refractivity contribution in [3.8, 4) is 0 Å². The fourth-order valence-electron chi connectivity index (χ4n) is 2.01. The molecule has 3 aromatic rings. The van der Waals surface area contributed by atoms with Crippen LogP contribution in [0.5, 0.6) is 0 Å². The summed E-state index contributed by atoms with van der Waals surface area (Å²) < 4.78 is 0. The lowest BCUT2D eigenvalue weighted by Gasteiger charge is -2.07. The van der Waals surface area contributed by atoms with Crippen LogP contribution in [-0.2, 0) is 0 Å². The Bertz CT molecular complexity index is 838. The van der Waals surface area contributed by atoms with Crippen molar-refractivity contribution >= 4 is 39.6 Å². The molecule has 2 aromatic carbocycles. The maximum atomic E-state index is 11.0. The first-order valence-corrected chi connectivity index (χ1v) is 6.43. The Morgan fingerprint density at radius 3 is 2.62 bits per heavy atom. The zero-order chi connectivity index (χ0) is 14.8. The molecule has 1 N–H and O–H groups in total. The van der Waals surface area contributed by atoms with E-state index < -0.39 is 4.92 Å². The molecule has 0 saturated carbocycles. The van der Waals surface area contributed by atoms with Crippen LogP contribution in [0, 0.1) is 10.1 Å². The molecule has 3 rings (SSSR count). The van der Waals surface area contributed by atoms with Gasteiger partial charge in [-0.05, 0) is 22.9 Å². The minimum absolute atomic E-state index is 0.0651. The summed E-state index contributed by atoms with van der Waals surface area (Å²) >= 11 is 5.75. The summed E-state index contributed by atoms with van der Waals surface area (Å²) in [6.07, 6.45) is 1.18. The molecule has 0 amide bonds. The molecule has 0 aliphatic rings. The number of nitro groups is 1. The number of hydrogen-bond donors (Lipinski definition) is 1. The van der Waals surface area contributed by atoms with Crippen molar-refractivity contribution in [2.45, 2.75) is 0 Å². The summed E-state index contributed by atoms with van der Waals surface area (Å²) in [5, 5.41) is 15.9. The molecule has 1 aromatic heterocycles. The maximum Gasteiger partial charge on any atom is 0.348 e. The van der Waals surface area contributed by atoms with Crippen molar-refractivity contribution in [2.24, 2.45) is 0 Å². The maximum absolute atomic E-state index is 11.0. The van der Waals surface area contributed by atoms with Crippen LogP contribution in [0.2, 0.25) is 5.15 Å². The number of fused-ring (bicyclic) bond motifs is 1. The molecule has 1 heterocycles. The van der Waals surface area contributed by atoms with E-state index in [4.69, 9.17) is 11.6 Å². The largest absolute Gasteiger partial charge is 0.348 e. The topological polar surface area (TPSA) is 81.0 Å². The van der Waals surface area contributed by atoms with Crippen LogP contribution in [0.25, 0.3) is 10.8 Å². The molecule has 0 radical (unpaired) electrons. The summed E-state index contributed by atoms with van der Waals surface area (Å²) in [7, 11) is 0. The Morgan fingerprint density at radius 2 is 1.86 bits per heavy atom. The van der Waals surface area contributed by atoms with Crippen molar-refractivity contribution in [3.05, 3.63) is 64.1 Å². The van der Waals surface area contributed by atoms with E-state index in [0.717, 1.165) is 10.8 Å². The van der Waals surface area contributed by atoms with Crippen LogP contribution in [0.15, 0.2) is 48.8 Å². The molecule has 6 nitrogen and oxygen atoms in total. The lowest BCUT2D eigenvalue weighted by Crippen LogP contribution is -2.01. The van der Waals surface area contributed by atoms with Gasteiger partial charge in [0.25, 0.3) is 0 Å². The highest BCUT2D eigenvalue weighted by Crippen LogP contribution is 2.31. The molecule has 0 fully saturated rings. The molecule has 0 spiro atoms. The Labute approximate surface area is 124 Å². The fourth-order valence-corrected chi connectivity index (χ4v) is 2.22. The Balaban J connectivity index is 2.02. The second-order valence-corrected chi connectivity index (χ2v) is 4.66. The molecule has 0 aliphatic heterocycles. The molecular weight excluding hydrogens is 292 g/mol. The smallest absolute Gasteiger partial charge is 0.334 e. The van der Waals surface area contributed by atoms with Gasteiger partial charge in [-0.1, -0.05) is 41.9 Å². The monoisotopic (exact) mass is 300 g/mol. The SMILES string of the molecule is O=[N+]([O-])c1c(Cl)ncnc1Nc1ccc2ccccc2c1. The lowest BCUT2D eigenvalue weighted by molar-refractivity contribution is -0.384. The molecule has 7 heteroatoms. The van der Waals surface area contributed by atoms with Crippen molar-refractivity contribution in [3.63, 3.8) is 0 Å². The Morgan fingerprint density at radius 1 is 1.10 bits per heavy atom. The first kappa shape index (κ1) is 13.3. The van der Waals surface area contributed by atoms with Gasteiger partial charge in [-0.15, -0.1) is 0 Å². The van der Waals surface area contributed by atoms with E-state index in [1.807, 2.05) is 42.5 Å². The van der Waals surface area contributed by atoms with E-state index >= 15 is 0 Å². The van der Waals surface area contributed by atoms with Gasteiger partial charge >= 0.3 is 5.69 Å². The first-order chi connectivity index (χ1) is 10.1. The van der Waals surface area contributed by atoms with Gasteiger partial charge in [0.15, 0.2) is 0 Å². The average Bonchev–Trinajstić information content (AvgIpc) is 2.47. The minimum atomic E-state index is -0.605. The van der Waals surface area contributed by atoms with Crippen molar-refractivity contribution < 1.29 is 4.92 Å². The van der Waals surface area contributed by atoms with E-state index in [1.54, 1.807) is 0 Å². The number of aromatic nitrogens is 2. The van der Waals surface area contributed by atoms with Gasteiger partial charge in [0.2, 0.25) is 11.0 Å². The summed E-state index contributed by atoms with van der Waals surface area (Å²) in [4.78, 5) is 18.0. The molecule has 0 unspecified atom stereocenters. The fraction of sp³-hybridized carbons (Fsp3) is 0. The molecule has 104 valence electrons. The summed E-state index contributed by atoms with van der Waals surface area (Å²) in [6, 6.07) is 13.5. The first-order valence-electron chi connectivity index (χ1n) is 6.06. The normalized spacial score (nSPS) is 10.5. The van der Waals surface area contributed by atoms with Crippen molar-refractivity contribution in [1.82, 2.24) is 9.97 Å². The molecular formula is C14H9ClN4O2. The van der Waals surface area contributed by atoms with E-state index in [-0.39, 0.29) is 16.7 Å². The third-order valence-electron chi connectivity index (χ3n) is 2.97. The third kappa shape index (κ3) is 2.61. The van der Waals surface area contributed by atoms with E-state index in [1.165, 1.54) is 6.33 Å².